The molecule has 1 heterocycles. The topological polar surface area (TPSA) is 42.7 Å². The molecule has 4 heteroatoms. The predicted octanol–water partition coefficient (Wildman–Crippen LogP) is 2.64. The zero-order valence-electron chi connectivity index (χ0n) is 12.3. The van der Waals surface area contributed by atoms with Crippen LogP contribution in [-0.2, 0) is 13.0 Å². The monoisotopic (exact) mass is 252 g/mol. The average molecular weight is 252 g/mol. The molecule has 0 aliphatic carbocycles. The molecule has 1 aromatic rings. The van der Waals surface area contributed by atoms with Crippen molar-refractivity contribution in [1.29, 1.82) is 0 Å². The van der Waals surface area contributed by atoms with Crippen LogP contribution in [0.5, 0.6) is 0 Å². The lowest BCUT2D eigenvalue weighted by Gasteiger charge is -2.21. The van der Waals surface area contributed by atoms with Gasteiger partial charge in [-0.25, -0.2) is 4.98 Å². The van der Waals surface area contributed by atoms with E-state index in [1.54, 1.807) is 6.33 Å². The molecule has 0 spiro atoms. The van der Waals surface area contributed by atoms with Gasteiger partial charge < -0.3 is 5.32 Å². The fraction of sp³-hybridized carbons (Fsp3) is 0.857. The number of rotatable bonds is 9. The fourth-order valence-corrected chi connectivity index (χ4v) is 2.17. The van der Waals surface area contributed by atoms with Crippen molar-refractivity contribution < 1.29 is 0 Å². The Labute approximate surface area is 111 Å². The maximum absolute atomic E-state index is 4.38. The van der Waals surface area contributed by atoms with Crippen LogP contribution >= 0.6 is 0 Å². The lowest BCUT2D eigenvalue weighted by atomic mass is 9.97. The van der Waals surface area contributed by atoms with E-state index in [9.17, 15) is 0 Å². The molecular weight excluding hydrogens is 224 g/mol. The summed E-state index contributed by atoms with van der Waals surface area (Å²) in [5.41, 5.74) is 0. The second-order valence-corrected chi connectivity index (χ2v) is 5.10. The summed E-state index contributed by atoms with van der Waals surface area (Å²) < 4.78 is 2.00. The van der Waals surface area contributed by atoms with Crippen molar-refractivity contribution in [2.75, 3.05) is 6.54 Å². The minimum atomic E-state index is 0.523. The third-order valence-electron chi connectivity index (χ3n) is 3.49. The highest BCUT2D eigenvalue weighted by Crippen LogP contribution is 2.13. The SMILES string of the molecule is CCCNC(Cc1ncnn1CC)CC(C)CC. The normalized spacial score (nSPS) is 14.7. The molecule has 18 heavy (non-hydrogen) atoms. The summed E-state index contributed by atoms with van der Waals surface area (Å²) in [5, 5.41) is 7.89. The Balaban J connectivity index is 2.59. The highest BCUT2D eigenvalue weighted by molar-refractivity contribution is 4.90. The van der Waals surface area contributed by atoms with E-state index in [1.807, 2.05) is 4.68 Å². The van der Waals surface area contributed by atoms with Gasteiger partial charge in [-0.3, -0.25) is 4.68 Å². The van der Waals surface area contributed by atoms with Crippen LogP contribution in [0.1, 0.15) is 52.8 Å². The van der Waals surface area contributed by atoms with Crippen LogP contribution in [0.3, 0.4) is 0 Å². The van der Waals surface area contributed by atoms with E-state index >= 15 is 0 Å². The lowest BCUT2D eigenvalue weighted by molar-refractivity contribution is 0.382. The van der Waals surface area contributed by atoms with E-state index in [2.05, 4.69) is 43.1 Å². The minimum absolute atomic E-state index is 0.523. The molecule has 1 rings (SSSR count). The third kappa shape index (κ3) is 4.77. The first kappa shape index (κ1) is 15.2. The van der Waals surface area contributed by atoms with Gasteiger partial charge in [-0.1, -0.05) is 27.2 Å². The fourth-order valence-electron chi connectivity index (χ4n) is 2.17. The van der Waals surface area contributed by atoms with Crippen LogP contribution in [0.2, 0.25) is 0 Å². The first-order valence-electron chi connectivity index (χ1n) is 7.31. The Hall–Kier alpha value is -0.900. The number of hydrogen-bond acceptors (Lipinski definition) is 3. The second kappa shape index (κ2) is 8.25. The van der Waals surface area contributed by atoms with Gasteiger partial charge in [0.05, 0.1) is 0 Å². The van der Waals surface area contributed by atoms with Crippen LogP contribution in [0.15, 0.2) is 6.33 Å². The molecule has 0 aliphatic rings. The van der Waals surface area contributed by atoms with E-state index < -0.39 is 0 Å². The van der Waals surface area contributed by atoms with Crippen molar-refractivity contribution in [3.63, 3.8) is 0 Å². The maximum atomic E-state index is 4.38. The highest BCUT2D eigenvalue weighted by Gasteiger charge is 2.15. The molecule has 0 saturated heterocycles. The number of nitrogens with zero attached hydrogens (tertiary/aromatic N) is 3. The van der Waals surface area contributed by atoms with Crippen LogP contribution < -0.4 is 5.32 Å². The summed E-state index contributed by atoms with van der Waals surface area (Å²) in [4.78, 5) is 4.38. The zero-order chi connectivity index (χ0) is 13.4. The minimum Gasteiger partial charge on any atom is -0.314 e. The van der Waals surface area contributed by atoms with E-state index in [0.29, 0.717) is 6.04 Å². The Morgan fingerprint density at radius 3 is 2.72 bits per heavy atom. The van der Waals surface area contributed by atoms with Crippen LogP contribution in [0.4, 0.5) is 0 Å². The number of hydrogen-bond donors (Lipinski definition) is 1. The van der Waals surface area contributed by atoms with Gasteiger partial charge in [0.25, 0.3) is 0 Å². The van der Waals surface area contributed by atoms with Gasteiger partial charge in [0.2, 0.25) is 0 Å². The van der Waals surface area contributed by atoms with Crippen LogP contribution in [-0.4, -0.2) is 27.4 Å². The molecule has 0 bridgehead atoms. The largest absolute Gasteiger partial charge is 0.314 e. The average Bonchev–Trinajstić information content (AvgIpc) is 2.82. The van der Waals surface area contributed by atoms with Crippen molar-refractivity contribution in [3.05, 3.63) is 12.2 Å². The van der Waals surface area contributed by atoms with Crippen LogP contribution in [0, 0.1) is 5.92 Å². The molecule has 4 nitrogen and oxygen atoms in total. The Morgan fingerprint density at radius 1 is 1.33 bits per heavy atom. The molecule has 2 unspecified atom stereocenters. The molecule has 0 radical (unpaired) electrons. The third-order valence-corrected chi connectivity index (χ3v) is 3.49. The molecule has 1 aromatic heterocycles. The standard InChI is InChI=1S/C14H28N4/c1-5-8-15-13(9-12(4)6-2)10-14-16-11-17-18(14)7-3/h11-13,15H,5-10H2,1-4H3. The summed E-state index contributed by atoms with van der Waals surface area (Å²) in [5.74, 6) is 1.87. The van der Waals surface area contributed by atoms with E-state index in [1.165, 1.54) is 19.3 Å². The van der Waals surface area contributed by atoms with E-state index in [-0.39, 0.29) is 0 Å². The summed E-state index contributed by atoms with van der Waals surface area (Å²) >= 11 is 0. The molecule has 0 fully saturated rings. The Morgan fingerprint density at radius 2 is 2.11 bits per heavy atom. The smallest absolute Gasteiger partial charge is 0.138 e. The summed E-state index contributed by atoms with van der Waals surface area (Å²) in [7, 11) is 0. The quantitative estimate of drug-likeness (QED) is 0.734. The lowest BCUT2D eigenvalue weighted by Crippen LogP contribution is -2.34. The molecule has 0 aromatic carbocycles. The first-order chi connectivity index (χ1) is 8.71. The van der Waals surface area contributed by atoms with Gasteiger partial charge >= 0.3 is 0 Å². The first-order valence-corrected chi connectivity index (χ1v) is 7.31. The maximum Gasteiger partial charge on any atom is 0.138 e. The summed E-state index contributed by atoms with van der Waals surface area (Å²) in [6, 6.07) is 0.523. The van der Waals surface area contributed by atoms with Crippen molar-refractivity contribution in [3.8, 4) is 0 Å². The molecule has 0 saturated carbocycles. The second-order valence-electron chi connectivity index (χ2n) is 5.10. The van der Waals surface area contributed by atoms with Crippen LogP contribution in [0.25, 0.3) is 0 Å². The summed E-state index contributed by atoms with van der Waals surface area (Å²) in [6.07, 6.45) is 6.28. The molecule has 0 aliphatic heterocycles. The van der Waals surface area contributed by atoms with Gasteiger partial charge in [0, 0.05) is 19.0 Å². The molecule has 104 valence electrons. The molecule has 1 N–H and O–H groups in total. The zero-order valence-corrected chi connectivity index (χ0v) is 12.3. The van der Waals surface area contributed by atoms with Crippen molar-refractivity contribution in [2.45, 2.75) is 66.0 Å². The van der Waals surface area contributed by atoms with Gasteiger partial charge in [-0.05, 0) is 32.2 Å². The van der Waals surface area contributed by atoms with E-state index in [4.69, 9.17) is 0 Å². The number of aromatic nitrogens is 3. The van der Waals surface area contributed by atoms with Crippen molar-refractivity contribution >= 4 is 0 Å². The summed E-state index contributed by atoms with van der Waals surface area (Å²) in [6.45, 7) is 10.9. The highest BCUT2D eigenvalue weighted by atomic mass is 15.3. The van der Waals surface area contributed by atoms with Gasteiger partial charge in [0.15, 0.2) is 0 Å². The molecular formula is C14H28N4. The molecule has 0 amide bonds. The van der Waals surface area contributed by atoms with Crippen molar-refractivity contribution in [2.24, 2.45) is 5.92 Å². The van der Waals surface area contributed by atoms with E-state index in [0.717, 1.165) is 31.3 Å². The predicted molar refractivity (Wildman–Crippen MR) is 75.6 cm³/mol. The van der Waals surface area contributed by atoms with Gasteiger partial charge in [0.1, 0.15) is 12.2 Å². The Bertz CT molecular complexity index is 321. The van der Waals surface area contributed by atoms with Gasteiger partial charge in [-0.2, -0.15) is 5.10 Å². The van der Waals surface area contributed by atoms with Gasteiger partial charge in [-0.15, -0.1) is 0 Å². The Kier molecular flexibility index (Phi) is 6.94. The number of nitrogens with one attached hydrogen (secondary N) is 1. The van der Waals surface area contributed by atoms with Crippen molar-refractivity contribution in [1.82, 2.24) is 20.1 Å². The molecule has 2 atom stereocenters. The number of aryl methyl sites for hydroxylation is 1.